The molecule has 1 aliphatic rings. The summed E-state index contributed by atoms with van der Waals surface area (Å²) in [6.45, 7) is 10.3. The van der Waals surface area contributed by atoms with Crippen LogP contribution in [0.5, 0.6) is 0 Å². The summed E-state index contributed by atoms with van der Waals surface area (Å²) < 4.78 is 18.4. The molecule has 1 saturated heterocycles. The summed E-state index contributed by atoms with van der Waals surface area (Å²) in [5.74, 6) is -0.342. The molecule has 1 aliphatic heterocycles. The Labute approximate surface area is 159 Å². The van der Waals surface area contributed by atoms with Gasteiger partial charge in [-0.2, -0.15) is 0 Å². The molecule has 0 saturated carbocycles. The van der Waals surface area contributed by atoms with Crippen molar-refractivity contribution < 1.29 is 18.8 Å². The molecular weight excluding hydrogens is 383 g/mol. The van der Waals surface area contributed by atoms with E-state index < -0.39 is 11.2 Å². The number of rotatable bonds is 6. The molecule has 0 unspecified atom stereocenters. The monoisotopic (exact) mass is 408 g/mol. The van der Waals surface area contributed by atoms with Crippen molar-refractivity contribution in [2.75, 3.05) is 6.61 Å². The van der Waals surface area contributed by atoms with Crippen molar-refractivity contribution in [3.8, 4) is 0 Å². The average Bonchev–Trinajstić information content (AvgIpc) is 2.73. The van der Waals surface area contributed by atoms with E-state index in [-0.39, 0.29) is 18.9 Å². The van der Waals surface area contributed by atoms with Gasteiger partial charge in [0.2, 0.25) is 0 Å². The molecule has 1 fully saturated rings. The highest BCUT2D eigenvalue weighted by Gasteiger charge is 2.53. The molecular formula is C19H26BBrO4. The van der Waals surface area contributed by atoms with Crippen LogP contribution in [0.1, 0.15) is 52.4 Å². The molecule has 1 atom stereocenters. The van der Waals surface area contributed by atoms with Gasteiger partial charge in [-0.15, -0.1) is 0 Å². The maximum absolute atomic E-state index is 11.6. The van der Waals surface area contributed by atoms with E-state index >= 15 is 0 Å². The van der Waals surface area contributed by atoms with Gasteiger partial charge in [0.1, 0.15) is 0 Å². The van der Waals surface area contributed by atoms with E-state index in [1.54, 1.807) is 6.92 Å². The highest BCUT2D eigenvalue weighted by molar-refractivity contribution is 9.10. The van der Waals surface area contributed by atoms with Crippen LogP contribution in [0.3, 0.4) is 0 Å². The molecule has 1 aromatic carbocycles. The fourth-order valence-corrected chi connectivity index (χ4v) is 2.93. The van der Waals surface area contributed by atoms with Gasteiger partial charge < -0.3 is 14.0 Å². The van der Waals surface area contributed by atoms with Crippen molar-refractivity contribution >= 4 is 29.0 Å². The summed E-state index contributed by atoms with van der Waals surface area (Å²) >= 11 is 3.47. The first kappa shape index (κ1) is 20.2. The topological polar surface area (TPSA) is 44.8 Å². The Morgan fingerprint density at radius 3 is 2.28 bits per heavy atom. The number of carbonyl (C=O) groups excluding carboxylic acids is 1. The average molecular weight is 409 g/mol. The van der Waals surface area contributed by atoms with E-state index in [9.17, 15) is 4.79 Å². The summed E-state index contributed by atoms with van der Waals surface area (Å²) in [4.78, 5) is 11.6. The Bertz CT molecular complexity index is 609. The minimum Gasteiger partial charge on any atom is -0.463 e. The van der Waals surface area contributed by atoms with Gasteiger partial charge in [-0.25, -0.2) is 4.79 Å². The maximum atomic E-state index is 11.6. The summed E-state index contributed by atoms with van der Waals surface area (Å²) in [7, 11) is -0.377. The van der Waals surface area contributed by atoms with Gasteiger partial charge in [0.15, 0.2) is 0 Å². The standard InChI is InChI=1S/C19H26BBrO4/c1-6-23-17(22)9-7-8-16(14-10-12-15(21)13-11-14)20-24-18(2,3)19(4,5)25-20/h7,9-13,16H,6,8H2,1-5H3/b9-7+/t16-/m0/s1. The number of carbonyl (C=O) groups is 1. The molecule has 0 aromatic heterocycles. The Hall–Kier alpha value is -1.11. The van der Waals surface area contributed by atoms with E-state index in [0.29, 0.717) is 13.0 Å². The van der Waals surface area contributed by atoms with Crippen molar-refractivity contribution in [1.82, 2.24) is 0 Å². The molecule has 0 spiro atoms. The highest BCUT2D eigenvalue weighted by Crippen LogP contribution is 2.41. The van der Waals surface area contributed by atoms with Crippen molar-refractivity contribution in [2.45, 2.75) is 58.1 Å². The zero-order chi connectivity index (χ0) is 18.7. The third-order valence-electron chi connectivity index (χ3n) is 4.83. The Morgan fingerprint density at radius 1 is 1.20 bits per heavy atom. The van der Waals surface area contributed by atoms with Crippen LogP contribution < -0.4 is 0 Å². The summed E-state index contributed by atoms with van der Waals surface area (Å²) in [6, 6.07) is 8.11. The predicted molar refractivity (Wildman–Crippen MR) is 103 cm³/mol. The number of benzene rings is 1. The van der Waals surface area contributed by atoms with Gasteiger partial charge in [0.25, 0.3) is 0 Å². The lowest BCUT2D eigenvalue weighted by atomic mass is 9.66. The molecule has 2 rings (SSSR count). The minimum atomic E-state index is -0.393. The molecule has 4 nitrogen and oxygen atoms in total. The first-order chi connectivity index (χ1) is 11.7. The first-order valence-corrected chi connectivity index (χ1v) is 9.40. The zero-order valence-electron chi connectivity index (χ0n) is 15.5. The molecule has 6 heteroatoms. The third-order valence-corrected chi connectivity index (χ3v) is 5.36. The van der Waals surface area contributed by atoms with E-state index in [1.807, 2.05) is 45.9 Å². The Balaban J connectivity index is 2.21. The number of hydrogen-bond acceptors (Lipinski definition) is 4. The van der Waals surface area contributed by atoms with Gasteiger partial charge in [0, 0.05) is 16.4 Å². The number of ether oxygens (including phenoxy) is 1. The first-order valence-electron chi connectivity index (χ1n) is 8.60. The molecule has 0 radical (unpaired) electrons. The lowest BCUT2D eigenvalue weighted by Crippen LogP contribution is -2.41. The van der Waals surface area contributed by atoms with Crippen LogP contribution in [-0.2, 0) is 18.8 Å². The summed E-state index contributed by atoms with van der Waals surface area (Å²) in [6.07, 6.45) is 3.92. The fourth-order valence-electron chi connectivity index (χ4n) is 2.67. The van der Waals surface area contributed by atoms with Gasteiger partial charge in [-0.1, -0.05) is 34.1 Å². The number of hydrogen-bond donors (Lipinski definition) is 0. The normalized spacial score (nSPS) is 20.0. The summed E-state index contributed by atoms with van der Waals surface area (Å²) in [5, 5.41) is 0. The van der Waals surface area contributed by atoms with Crippen LogP contribution >= 0.6 is 15.9 Å². The molecule has 0 amide bonds. The third kappa shape index (κ3) is 4.96. The van der Waals surface area contributed by atoms with Crippen LogP contribution in [0.25, 0.3) is 0 Å². The minimum absolute atomic E-state index is 0.0140. The zero-order valence-corrected chi connectivity index (χ0v) is 17.1. The predicted octanol–water partition coefficient (Wildman–Crippen LogP) is 4.67. The Morgan fingerprint density at radius 2 is 1.76 bits per heavy atom. The van der Waals surface area contributed by atoms with Crippen molar-refractivity contribution in [3.63, 3.8) is 0 Å². The lowest BCUT2D eigenvalue weighted by Gasteiger charge is -2.32. The van der Waals surface area contributed by atoms with Gasteiger partial charge in [-0.05, 0) is 58.7 Å². The van der Waals surface area contributed by atoms with E-state index in [1.165, 1.54) is 6.08 Å². The Kier molecular flexibility index (Phi) is 6.52. The van der Waals surface area contributed by atoms with Crippen molar-refractivity contribution in [2.24, 2.45) is 0 Å². The van der Waals surface area contributed by atoms with Gasteiger partial charge in [0.05, 0.1) is 17.8 Å². The molecule has 1 heterocycles. The molecule has 136 valence electrons. The number of allylic oxidation sites excluding steroid dienone is 1. The highest BCUT2D eigenvalue weighted by atomic mass is 79.9. The maximum Gasteiger partial charge on any atom is 0.466 e. The lowest BCUT2D eigenvalue weighted by molar-refractivity contribution is -0.137. The largest absolute Gasteiger partial charge is 0.466 e. The molecule has 0 bridgehead atoms. The second kappa shape index (κ2) is 8.06. The second-order valence-corrected chi connectivity index (χ2v) is 8.09. The van der Waals surface area contributed by atoms with Crippen LogP contribution in [-0.4, -0.2) is 30.9 Å². The molecule has 25 heavy (non-hydrogen) atoms. The van der Waals surface area contributed by atoms with E-state index in [4.69, 9.17) is 14.0 Å². The number of halogens is 1. The van der Waals surface area contributed by atoms with Crippen LogP contribution in [0.15, 0.2) is 40.9 Å². The number of esters is 1. The van der Waals surface area contributed by atoms with Crippen LogP contribution in [0, 0.1) is 0 Å². The SMILES string of the molecule is CCOC(=O)/C=C/C[C@H](B1OC(C)(C)C(C)(C)O1)c1ccc(Br)cc1. The van der Waals surface area contributed by atoms with Crippen molar-refractivity contribution in [3.05, 3.63) is 46.5 Å². The van der Waals surface area contributed by atoms with Gasteiger partial charge in [-0.3, -0.25) is 0 Å². The second-order valence-electron chi connectivity index (χ2n) is 7.17. The summed E-state index contributed by atoms with van der Waals surface area (Å²) in [5.41, 5.74) is 0.321. The van der Waals surface area contributed by atoms with Crippen molar-refractivity contribution in [1.29, 1.82) is 0 Å². The molecule has 1 aromatic rings. The fraction of sp³-hybridized carbons (Fsp3) is 0.526. The quantitative estimate of drug-likeness (QED) is 0.389. The van der Waals surface area contributed by atoms with Gasteiger partial charge >= 0.3 is 13.1 Å². The smallest absolute Gasteiger partial charge is 0.463 e. The van der Waals surface area contributed by atoms with E-state index in [2.05, 4.69) is 28.1 Å². The van der Waals surface area contributed by atoms with Crippen LogP contribution in [0.2, 0.25) is 0 Å². The van der Waals surface area contributed by atoms with Crippen LogP contribution in [0.4, 0.5) is 0 Å². The van der Waals surface area contributed by atoms with E-state index in [0.717, 1.165) is 10.0 Å². The molecule has 0 aliphatic carbocycles. The molecule has 0 N–H and O–H groups in total.